The smallest absolute Gasteiger partial charge is 2.00 e. The van der Waals surface area contributed by atoms with Crippen molar-refractivity contribution in [2.75, 3.05) is 0 Å². The van der Waals surface area contributed by atoms with E-state index in [-0.39, 0.29) is 69.0 Å². The molecule has 0 aliphatic rings. The number of hydrogen-bond donors (Lipinski definition) is 0. The molecule has 0 heterocycles. The fraction of sp³-hybridized carbons (Fsp3) is 0. The van der Waals surface area contributed by atoms with Gasteiger partial charge in [-0.1, -0.05) is 0 Å². The average Bonchev–Trinajstić information content (AvgIpc) is 0. The zero-order valence-electron chi connectivity index (χ0n) is 3.06. The third kappa shape index (κ3) is 27.7. The third-order valence-corrected chi connectivity index (χ3v) is 0. The summed E-state index contributed by atoms with van der Waals surface area (Å²) in [5.74, 6) is 0. The minimum absolute atomic E-state index is 0. The zero-order chi connectivity index (χ0) is 0. The van der Waals surface area contributed by atoms with Gasteiger partial charge in [-0.3, -0.25) is 0 Å². The summed E-state index contributed by atoms with van der Waals surface area (Å²) in [6, 6.07) is 0. The van der Waals surface area contributed by atoms with Crippen molar-refractivity contribution in [3.63, 3.8) is 0 Å². The van der Waals surface area contributed by atoms with Gasteiger partial charge in [-0.2, -0.15) is 0 Å². The van der Waals surface area contributed by atoms with Crippen LogP contribution in [-0.2, 0) is 5.48 Å². The van der Waals surface area contributed by atoms with E-state index >= 15 is 0 Å². The van der Waals surface area contributed by atoms with Crippen molar-refractivity contribution in [3.05, 3.63) is 0 Å². The molecule has 0 rings (SSSR count). The summed E-state index contributed by atoms with van der Waals surface area (Å²) < 4.78 is 0. The van der Waals surface area contributed by atoms with Crippen LogP contribution in [0.5, 0.6) is 0 Å². The van der Waals surface area contributed by atoms with E-state index in [1.54, 1.807) is 0 Å². The SMILES string of the molecule is O.[Mg+2].[Na+].[O-2].[OH-]. The molecule has 0 atom stereocenters. The largest absolute Gasteiger partial charge is 2.00 e. The average molecular weight is 98.3 g/mol. The monoisotopic (exact) mass is 98.0 g/mol. The van der Waals surface area contributed by atoms with Gasteiger partial charge in [0, 0.05) is 0 Å². The van der Waals surface area contributed by atoms with Crippen molar-refractivity contribution in [3.8, 4) is 0 Å². The summed E-state index contributed by atoms with van der Waals surface area (Å²) in [5.41, 5.74) is 0. The molecule has 0 amide bonds. The van der Waals surface area contributed by atoms with Gasteiger partial charge in [0.15, 0.2) is 0 Å². The van der Waals surface area contributed by atoms with Crippen molar-refractivity contribution in [2.45, 2.75) is 0 Å². The zero-order valence-corrected chi connectivity index (χ0v) is 6.48. The second kappa shape index (κ2) is 45.0. The molecule has 0 unspecified atom stereocenters. The molecule has 0 bridgehead atoms. The fourth-order valence-electron chi connectivity index (χ4n) is 0. The van der Waals surface area contributed by atoms with Gasteiger partial charge < -0.3 is 16.4 Å². The Balaban J connectivity index is 0. The first kappa shape index (κ1) is 78.2. The molecule has 0 spiro atoms. The van der Waals surface area contributed by atoms with E-state index in [9.17, 15) is 0 Å². The Morgan fingerprint density at radius 3 is 1.00 bits per heavy atom. The quantitative estimate of drug-likeness (QED) is 0.281. The first-order valence-electron chi connectivity index (χ1n) is 0. The summed E-state index contributed by atoms with van der Waals surface area (Å²) >= 11 is 0. The molecule has 0 saturated heterocycles. The van der Waals surface area contributed by atoms with Crippen LogP contribution < -0.4 is 29.6 Å². The van der Waals surface area contributed by atoms with Crippen LogP contribution in [0.1, 0.15) is 0 Å². The predicted molar refractivity (Wildman–Crippen MR) is 12.0 cm³/mol. The van der Waals surface area contributed by atoms with Crippen LogP contribution in [-0.4, -0.2) is 34.0 Å². The van der Waals surface area contributed by atoms with Gasteiger partial charge in [0.1, 0.15) is 0 Å². The minimum Gasteiger partial charge on any atom is -2.00 e. The van der Waals surface area contributed by atoms with Gasteiger partial charge in [0.2, 0.25) is 0 Å². The second-order valence-electron chi connectivity index (χ2n) is 0. The van der Waals surface area contributed by atoms with Crippen molar-refractivity contribution >= 4 is 23.1 Å². The molecule has 0 aromatic carbocycles. The van der Waals surface area contributed by atoms with E-state index in [4.69, 9.17) is 0 Å². The molecular weight excluding hydrogens is 95.3 g/mol. The Morgan fingerprint density at radius 1 is 1.00 bits per heavy atom. The van der Waals surface area contributed by atoms with Crippen LogP contribution in [0.2, 0.25) is 0 Å². The first-order valence-corrected chi connectivity index (χ1v) is 0. The standard InChI is InChI=1S/Mg.Na.2H2O.O/h;;2*1H2;/q+2;+1;;;-2/p-1. The fourth-order valence-corrected chi connectivity index (χ4v) is 0. The molecule has 0 radical (unpaired) electrons. The first-order chi connectivity index (χ1) is 0. The maximum Gasteiger partial charge on any atom is 2.00 e. The Bertz CT molecular complexity index is 6.85. The van der Waals surface area contributed by atoms with E-state index in [1.165, 1.54) is 0 Å². The van der Waals surface area contributed by atoms with E-state index in [1.807, 2.05) is 0 Å². The molecule has 3 N–H and O–H groups in total. The van der Waals surface area contributed by atoms with Gasteiger partial charge in [0.05, 0.1) is 0 Å². The number of rotatable bonds is 0. The summed E-state index contributed by atoms with van der Waals surface area (Å²) in [4.78, 5) is 0. The molecule has 0 aliphatic carbocycles. The third-order valence-electron chi connectivity index (χ3n) is 0. The Kier molecular flexibility index (Phi) is 703. The molecule has 24 valence electrons. The minimum atomic E-state index is 0. The molecule has 5 heavy (non-hydrogen) atoms. The van der Waals surface area contributed by atoms with Crippen molar-refractivity contribution in [1.29, 1.82) is 0 Å². The Labute approximate surface area is 68.5 Å². The topological polar surface area (TPSA) is 90.0 Å². The van der Waals surface area contributed by atoms with Crippen LogP contribution in [0, 0.1) is 0 Å². The van der Waals surface area contributed by atoms with Crippen LogP contribution >= 0.6 is 0 Å². The molecule has 5 heteroatoms. The summed E-state index contributed by atoms with van der Waals surface area (Å²) in [6.07, 6.45) is 0. The summed E-state index contributed by atoms with van der Waals surface area (Å²) in [5, 5.41) is 0. The molecule has 0 fully saturated rings. The predicted octanol–water partition coefficient (Wildman–Crippen LogP) is -4.50. The number of hydrogen-bond acceptors (Lipinski definition) is 1. The Hall–Kier alpha value is 1.65. The molecule has 0 aromatic heterocycles. The maximum absolute atomic E-state index is 0. The maximum atomic E-state index is 0. The van der Waals surface area contributed by atoms with Crippen LogP contribution in [0.25, 0.3) is 0 Å². The van der Waals surface area contributed by atoms with E-state index < -0.39 is 0 Å². The van der Waals surface area contributed by atoms with E-state index in [0.717, 1.165) is 0 Å². The van der Waals surface area contributed by atoms with Crippen molar-refractivity contribution in [2.24, 2.45) is 0 Å². The van der Waals surface area contributed by atoms with Crippen LogP contribution in [0.15, 0.2) is 0 Å². The normalized spacial score (nSPS) is 0. The van der Waals surface area contributed by atoms with Crippen molar-refractivity contribution in [1.82, 2.24) is 0 Å². The molecule has 3 nitrogen and oxygen atoms in total. The summed E-state index contributed by atoms with van der Waals surface area (Å²) in [7, 11) is 0. The van der Waals surface area contributed by atoms with Gasteiger partial charge in [-0.05, 0) is 0 Å². The van der Waals surface area contributed by atoms with Gasteiger partial charge in [0.25, 0.3) is 0 Å². The van der Waals surface area contributed by atoms with Crippen LogP contribution in [0.3, 0.4) is 0 Å². The molecule has 0 aliphatic heterocycles. The molecular formula is H3MgNaO3. The summed E-state index contributed by atoms with van der Waals surface area (Å²) in [6.45, 7) is 0. The van der Waals surface area contributed by atoms with Gasteiger partial charge in [-0.15, -0.1) is 0 Å². The Morgan fingerprint density at radius 2 is 1.00 bits per heavy atom. The second-order valence-corrected chi connectivity index (χ2v) is 0. The molecule has 0 saturated carbocycles. The van der Waals surface area contributed by atoms with E-state index in [0.29, 0.717) is 0 Å². The molecule has 0 aromatic rings. The van der Waals surface area contributed by atoms with Crippen LogP contribution in [0.4, 0.5) is 0 Å². The van der Waals surface area contributed by atoms with Gasteiger partial charge in [-0.25, -0.2) is 0 Å². The van der Waals surface area contributed by atoms with Crippen molar-refractivity contribution < 1.29 is 46.0 Å². The van der Waals surface area contributed by atoms with E-state index in [2.05, 4.69) is 0 Å². The van der Waals surface area contributed by atoms with Gasteiger partial charge >= 0.3 is 52.6 Å².